The minimum atomic E-state index is 1.15. The lowest BCUT2D eigenvalue weighted by molar-refractivity contribution is -0.574. The van der Waals surface area contributed by atoms with Crippen LogP contribution in [0.2, 0.25) is 0 Å². The molecule has 0 spiro atoms. The van der Waals surface area contributed by atoms with Crippen LogP contribution in [0.4, 0.5) is 0 Å². The van der Waals surface area contributed by atoms with Gasteiger partial charge in [-0.05, 0) is 31.2 Å². The molecule has 0 unspecified atom stereocenters. The molecule has 0 aliphatic rings. The normalized spacial score (nSPS) is 10.9. The molecule has 0 atom stereocenters. The molecule has 0 fully saturated rings. The van der Waals surface area contributed by atoms with E-state index in [1.807, 2.05) is 0 Å². The quantitative estimate of drug-likeness (QED) is 0.612. The molecule has 1 aromatic heterocycles. The topological polar surface area (TPSA) is 19.7 Å². The largest absolute Gasteiger partial charge is 0.257 e. The highest BCUT2D eigenvalue weighted by Gasteiger charge is 2.15. The molecule has 84 valence electrons. The van der Waals surface area contributed by atoms with Crippen LogP contribution in [0.5, 0.6) is 0 Å². The summed E-state index contributed by atoms with van der Waals surface area (Å²) in [6.45, 7) is 4.20. The van der Waals surface area contributed by atoms with E-state index in [2.05, 4.69) is 71.9 Å². The Labute approximate surface area is 101 Å². The molecular formula is C15H15N2+. The highest BCUT2D eigenvalue weighted by Crippen LogP contribution is 2.12. The Hall–Kier alpha value is -2.09. The average Bonchev–Trinajstić information content (AvgIpc) is 2.66. The molecule has 0 aliphatic heterocycles. The first-order valence-corrected chi connectivity index (χ1v) is 5.82. The summed E-state index contributed by atoms with van der Waals surface area (Å²) in [5.41, 5.74) is 4.87. The number of nitrogens with zero attached hydrogens (tertiary/aromatic N) is 1. The van der Waals surface area contributed by atoms with Gasteiger partial charge in [0.05, 0.1) is 0 Å². The highest BCUT2D eigenvalue weighted by molar-refractivity contribution is 5.71. The number of rotatable bonds is 1. The van der Waals surface area contributed by atoms with Crippen LogP contribution in [0.1, 0.15) is 11.4 Å². The van der Waals surface area contributed by atoms with Crippen LogP contribution in [0.15, 0.2) is 48.5 Å². The number of fused-ring (bicyclic) bond motifs is 1. The Morgan fingerprint density at radius 2 is 1.59 bits per heavy atom. The van der Waals surface area contributed by atoms with Crippen molar-refractivity contribution < 1.29 is 4.57 Å². The zero-order chi connectivity index (χ0) is 11.8. The van der Waals surface area contributed by atoms with Crippen molar-refractivity contribution in [2.45, 2.75) is 13.8 Å². The average molecular weight is 223 g/mol. The molecular weight excluding hydrogens is 208 g/mol. The van der Waals surface area contributed by atoms with E-state index in [0.29, 0.717) is 0 Å². The molecule has 2 heteroatoms. The second-order valence-electron chi connectivity index (χ2n) is 4.40. The minimum absolute atomic E-state index is 1.15. The Balaban J connectivity index is 2.29. The fourth-order valence-corrected chi connectivity index (χ4v) is 2.23. The number of aromatic amines is 1. The van der Waals surface area contributed by atoms with Crippen LogP contribution in [-0.2, 0) is 0 Å². The summed E-state index contributed by atoms with van der Waals surface area (Å²) in [6.07, 6.45) is 0. The molecule has 0 amide bonds. The van der Waals surface area contributed by atoms with E-state index in [9.17, 15) is 0 Å². The summed E-state index contributed by atoms with van der Waals surface area (Å²) in [5.74, 6) is 1.15. The second-order valence-corrected chi connectivity index (χ2v) is 4.40. The zero-order valence-corrected chi connectivity index (χ0v) is 10.1. The monoisotopic (exact) mass is 223 g/mol. The summed E-state index contributed by atoms with van der Waals surface area (Å²) in [5, 5.41) is 0. The van der Waals surface area contributed by atoms with Gasteiger partial charge in [0.2, 0.25) is 0 Å². The van der Waals surface area contributed by atoms with Crippen molar-refractivity contribution in [3.8, 4) is 5.69 Å². The maximum Gasteiger partial charge on any atom is 0.257 e. The third-order valence-electron chi connectivity index (χ3n) is 3.09. The summed E-state index contributed by atoms with van der Waals surface area (Å²) in [4.78, 5) is 3.40. The zero-order valence-electron chi connectivity index (χ0n) is 10.1. The van der Waals surface area contributed by atoms with Gasteiger partial charge in [-0.1, -0.05) is 29.8 Å². The number of hydrogen-bond donors (Lipinski definition) is 1. The molecule has 0 bridgehead atoms. The molecule has 2 aromatic carbocycles. The molecule has 1 heterocycles. The van der Waals surface area contributed by atoms with Crippen molar-refractivity contribution in [3.63, 3.8) is 0 Å². The van der Waals surface area contributed by atoms with Crippen molar-refractivity contribution in [1.29, 1.82) is 0 Å². The van der Waals surface area contributed by atoms with Crippen LogP contribution in [-0.4, -0.2) is 4.98 Å². The number of hydrogen-bond acceptors (Lipinski definition) is 0. The molecule has 0 saturated carbocycles. The van der Waals surface area contributed by atoms with E-state index in [0.717, 1.165) is 5.82 Å². The summed E-state index contributed by atoms with van der Waals surface area (Å²) >= 11 is 0. The molecule has 1 N–H and O–H groups in total. The third-order valence-corrected chi connectivity index (χ3v) is 3.09. The van der Waals surface area contributed by atoms with Crippen molar-refractivity contribution in [2.75, 3.05) is 0 Å². The maximum absolute atomic E-state index is 3.40. The lowest BCUT2D eigenvalue weighted by Crippen LogP contribution is -2.32. The van der Waals surface area contributed by atoms with E-state index in [1.165, 1.54) is 22.3 Å². The van der Waals surface area contributed by atoms with Crippen molar-refractivity contribution in [3.05, 3.63) is 59.9 Å². The number of aryl methyl sites for hydroxylation is 2. The van der Waals surface area contributed by atoms with E-state index in [-0.39, 0.29) is 0 Å². The fourth-order valence-electron chi connectivity index (χ4n) is 2.23. The number of benzene rings is 2. The fraction of sp³-hybridized carbons (Fsp3) is 0.133. The Morgan fingerprint density at radius 1 is 0.882 bits per heavy atom. The van der Waals surface area contributed by atoms with Gasteiger partial charge >= 0.3 is 0 Å². The summed E-state index contributed by atoms with van der Waals surface area (Å²) in [7, 11) is 0. The Morgan fingerprint density at radius 3 is 2.35 bits per heavy atom. The van der Waals surface area contributed by atoms with Gasteiger partial charge < -0.3 is 0 Å². The molecule has 2 nitrogen and oxygen atoms in total. The number of para-hydroxylation sites is 2. The van der Waals surface area contributed by atoms with E-state index in [4.69, 9.17) is 0 Å². The van der Waals surface area contributed by atoms with Gasteiger partial charge in [-0.3, -0.25) is 0 Å². The minimum Gasteiger partial charge on any atom is -0.241 e. The summed E-state index contributed by atoms with van der Waals surface area (Å²) < 4.78 is 2.24. The lowest BCUT2D eigenvalue weighted by atomic mass is 10.2. The van der Waals surface area contributed by atoms with Gasteiger partial charge in [-0.2, -0.15) is 4.57 Å². The number of nitrogens with one attached hydrogen (secondary N) is 1. The van der Waals surface area contributed by atoms with Crippen LogP contribution < -0.4 is 4.57 Å². The standard InChI is InChI=1S/C15H14N2/c1-11-7-9-13(10-8-11)17-12(2)16-14-5-3-4-6-15(14)17/h3-10H,1-2H3/p+1. The molecule has 0 aliphatic carbocycles. The first kappa shape index (κ1) is 10.1. The second kappa shape index (κ2) is 3.74. The van der Waals surface area contributed by atoms with E-state index in [1.54, 1.807) is 0 Å². The number of imidazole rings is 1. The van der Waals surface area contributed by atoms with Crippen LogP contribution in [0.3, 0.4) is 0 Å². The SMILES string of the molecule is Cc1ccc(-[n+]2c(C)[nH]c3ccccc32)cc1. The number of aromatic nitrogens is 2. The predicted molar refractivity (Wildman–Crippen MR) is 69.3 cm³/mol. The molecule has 0 saturated heterocycles. The molecule has 3 rings (SSSR count). The van der Waals surface area contributed by atoms with Crippen LogP contribution in [0, 0.1) is 13.8 Å². The van der Waals surface area contributed by atoms with E-state index < -0.39 is 0 Å². The Bertz CT molecular complexity index is 663. The van der Waals surface area contributed by atoms with Gasteiger partial charge in [0.25, 0.3) is 5.82 Å². The van der Waals surface area contributed by atoms with Crippen molar-refractivity contribution in [1.82, 2.24) is 4.98 Å². The summed E-state index contributed by atoms with van der Waals surface area (Å²) in [6, 6.07) is 17.0. The maximum atomic E-state index is 3.40. The van der Waals surface area contributed by atoms with Crippen LogP contribution in [0.25, 0.3) is 16.7 Å². The van der Waals surface area contributed by atoms with Gasteiger partial charge in [0, 0.05) is 6.92 Å². The molecule has 3 aromatic rings. The first-order chi connectivity index (χ1) is 8.25. The van der Waals surface area contributed by atoms with Gasteiger partial charge in [-0.25, -0.2) is 4.98 Å². The van der Waals surface area contributed by atoms with E-state index >= 15 is 0 Å². The number of H-pyrrole nitrogens is 1. The Kier molecular flexibility index (Phi) is 2.22. The molecule has 0 radical (unpaired) electrons. The lowest BCUT2D eigenvalue weighted by Gasteiger charge is -1.99. The first-order valence-electron chi connectivity index (χ1n) is 5.82. The highest BCUT2D eigenvalue weighted by atomic mass is 15.1. The third kappa shape index (κ3) is 1.62. The smallest absolute Gasteiger partial charge is 0.241 e. The molecule has 17 heavy (non-hydrogen) atoms. The van der Waals surface area contributed by atoms with Crippen molar-refractivity contribution >= 4 is 11.0 Å². The van der Waals surface area contributed by atoms with Crippen LogP contribution >= 0.6 is 0 Å². The van der Waals surface area contributed by atoms with Gasteiger partial charge in [0.1, 0.15) is 5.69 Å². The van der Waals surface area contributed by atoms with Gasteiger partial charge in [-0.15, -0.1) is 0 Å². The van der Waals surface area contributed by atoms with Gasteiger partial charge in [0.15, 0.2) is 11.0 Å². The predicted octanol–water partition coefficient (Wildman–Crippen LogP) is 3.06. The van der Waals surface area contributed by atoms with Crippen molar-refractivity contribution in [2.24, 2.45) is 0 Å².